The van der Waals surface area contributed by atoms with Gasteiger partial charge in [0, 0.05) is 24.6 Å². The fourth-order valence-electron chi connectivity index (χ4n) is 2.11. The number of anilines is 2. The highest BCUT2D eigenvalue weighted by molar-refractivity contribution is 5.57. The van der Waals surface area contributed by atoms with Crippen LogP contribution in [0.25, 0.3) is 0 Å². The maximum Gasteiger partial charge on any atom is 0.148 e. The molecule has 1 fully saturated rings. The van der Waals surface area contributed by atoms with Crippen LogP contribution in [0.2, 0.25) is 0 Å². The van der Waals surface area contributed by atoms with Crippen molar-refractivity contribution in [3.8, 4) is 0 Å². The molecule has 0 saturated heterocycles. The maximum atomic E-state index is 5.69. The summed E-state index contributed by atoms with van der Waals surface area (Å²) < 4.78 is 5.69. The molecule has 1 aliphatic rings. The summed E-state index contributed by atoms with van der Waals surface area (Å²) in [6, 6.07) is 0. The molecule has 1 heterocycles. The van der Waals surface area contributed by atoms with Crippen LogP contribution in [0.1, 0.15) is 50.9 Å². The van der Waals surface area contributed by atoms with Crippen LogP contribution in [0, 0.1) is 6.92 Å². The summed E-state index contributed by atoms with van der Waals surface area (Å²) in [4.78, 5) is 9.11. The second kappa shape index (κ2) is 5.93. The van der Waals surface area contributed by atoms with E-state index in [0.717, 1.165) is 30.0 Å². The number of ether oxygens (including phenoxy) is 1. The molecule has 20 heavy (non-hydrogen) atoms. The molecule has 1 aliphatic carbocycles. The number of hydrogen-bond donors (Lipinski definition) is 3. The lowest BCUT2D eigenvalue weighted by atomic mass is 10.1. The Labute approximate surface area is 120 Å². The van der Waals surface area contributed by atoms with Gasteiger partial charge in [0.05, 0.1) is 5.60 Å². The zero-order valence-corrected chi connectivity index (χ0v) is 12.8. The Bertz CT molecular complexity index is 471. The molecule has 2 rings (SSSR count). The van der Waals surface area contributed by atoms with Crippen molar-refractivity contribution in [2.45, 2.75) is 52.1 Å². The molecule has 0 amide bonds. The predicted molar refractivity (Wildman–Crippen MR) is 80.7 cm³/mol. The first-order chi connectivity index (χ1) is 9.46. The molecule has 112 valence electrons. The quantitative estimate of drug-likeness (QED) is 0.524. The van der Waals surface area contributed by atoms with Gasteiger partial charge in [0.2, 0.25) is 0 Å². The fraction of sp³-hybridized carbons (Fsp3) is 0.714. The molecular weight excluding hydrogens is 254 g/mol. The van der Waals surface area contributed by atoms with Gasteiger partial charge in [0.15, 0.2) is 0 Å². The second-order valence-corrected chi connectivity index (χ2v) is 5.87. The van der Waals surface area contributed by atoms with Gasteiger partial charge in [-0.3, -0.25) is 0 Å². The third-order valence-electron chi connectivity index (χ3n) is 3.46. The van der Waals surface area contributed by atoms with E-state index in [2.05, 4.69) is 34.6 Å². The summed E-state index contributed by atoms with van der Waals surface area (Å²) >= 11 is 0. The number of nitrogens with zero attached hydrogens (tertiary/aromatic N) is 2. The van der Waals surface area contributed by atoms with Crippen LogP contribution < -0.4 is 16.6 Å². The highest BCUT2D eigenvalue weighted by atomic mass is 16.5. The Balaban J connectivity index is 2.15. The third kappa shape index (κ3) is 3.58. The first-order valence-corrected chi connectivity index (χ1v) is 7.20. The lowest BCUT2D eigenvalue weighted by molar-refractivity contribution is 0.000632. The molecule has 1 aromatic heterocycles. The summed E-state index contributed by atoms with van der Waals surface area (Å²) in [7, 11) is 0. The van der Waals surface area contributed by atoms with Crippen LogP contribution in [0.4, 0.5) is 11.6 Å². The minimum absolute atomic E-state index is 0.234. The highest BCUT2D eigenvalue weighted by Crippen LogP contribution is 2.39. The highest BCUT2D eigenvalue weighted by Gasteiger charge is 2.28. The first kappa shape index (κ1) is 15.0. The van der Waals surface area contributed by atoms with Crippen LogP contribution in [0.15, 0.2) is 0 Å². The van der Waals surface area contributed by atoms with Gasteiger partial charge in [0.1, 0.15) is 17.5 Å². The van der Waals surface area contributed by atoms with Gasteiger partial charge < -0.3 is 15.5 Å². The molecule has 0 radical (unpaired) electrons. The van der Waals surface area contributed by atoms with Crippen molar-refractivity contribution in [1.29, 1.82) is 0 Å². The van der Waals surface area contributed by atoms with Gasteiger partial charge in [-0.1, -0.05) is 0 Å². The predicted octanol–water partition coefficient (Wildman–Crippen LogP) is 2.18. The molecule has 0 spiro atoms. The number of rotatable bonds is 7. The zero-order valence-electron chi connectivity index (χ0n) is 12.8. The number of nitrogen functional groups attached to an aromatic ring is 1. The standard InChI is InChI=1S/C14H25N5O/c1-5-20-14(3,4)8-16-11-9(2)12(19-15)18-13(17-11)10-6-7-10/h10H,5-8,15H2,1-4H3,(H2,16,17,18,19). The lowest BCUT2D eigenvalue weighted by Crippen LogP contribution is -2.34. The van der Waals surface area contributed by atoms with E-state index in [1.807, 2.05) is 13.8 Å². The summed E-state index contributed by atoms with van der Waals surface area (Å²) in [5.41, 5.74) is 3.36. The van der Waals surface area contributed by atoms with Gasteiger partial charge in [-0.2, -0.15) is 0 Å². The van der Waals surface area contributed by atoms with Gasteiger partial charge in [-0.25, -0.2) is 15.8 Å². The average Bonchev–Trinajstić information content (AvgIpc) is 3.22. The molecule has 0 aliphatic heterocycles. The van der Waals surface area contributed by atoms with Crippen molar-refractivity contribution in [3.05, 3.63) is 11.4 Å². The molecule has 1 saturated carbocycles. The topological polar surface area (TPSA) is 85.1 Å². The number of nitrogens with two attached hydrogens (primary N) is 1. The third-order valence-corrected chi connectivity index (χ3v) is 3.46. The monoisotopic (exact) mass is 279 g/mol. The van der Waals surface area contributed by atoms with Crippen LogP contribution in [0.5, 0.6) is 0 Å². The summed E-state index contributed by atoms with van der Waals surface area (Å²) in [5.74, 6) is 8.44. The van der Waals surface area contributed by atoms with Crippen molar-refractivity contribution >= 4 is 11.6 Å². The van der Waals surface area contributed by atoms with E-state index in [0.29, 0.717) is 24.9 Å². The average molecular weight is 279 g/mol. The molecule has 0 atom stereocenters. The van der Waals surface area contributed by atoms with Crippen LogP contribution >= 0.6 is 0 Å². The van der Waals surface area contributed by atoms with Crippen LogP contribution in [0.3, 0.4) is 0 Å². The van der Waals surface area contributed by atoms with Crippen molar-refractivity contribution in [2.75, 3.05) is 23.9 Å². The molecule has 1 aromatic rings. The smallest absolute Gasteiger partial charge is 0.148 e. The van der Waals surface area contributed by atoms with Crippen molar-refractivity contribution in [2.24, 2.45) is 5.84 Å². The lowest BCUT2D eigenvalue weighted by Gasteiger charge is -2.26. The Hall–Kier alpha value is -1.40. The van der Waals surface area contributed by atoms with E-state index in [1.54, 1.807) is 0 Å². The summed E-state index contributed by atoms with van der Waals surface area (Å²) in [6.45, 7) is 9.46. The molecular formula is C14H25N5O. The fourth-order valence-corrected chi connectivity index (χ4v) is 2.11. The number of aromatic nitrogens is 2. The van der Waals surface area contributed by atoms with E-state index in [9.17, 15) is 0 Å². The normalized spacial score (nSPS) is 15.2. The largest absolute Gasteiger partial charge is 0.374 e. The Morgan fingerprint density at radius 3 is 2.50 bits per heavy atom. The summed E-state index contributed by atoms with van der Waals surface area (Å²) in [5, 5.41) is 3.36. The van der Waals surface area contributed by atoms with Crippen molar-refractivity contribution < 1.29 is 4.74 Å². The van der Waals surface area contributed by atoms with Gasteiger partial charge in [-0.05, 0) is 40.5 Å². The zero-order chi connectivity index (χ0) is 14.8. The molecule has 0 aromatic carbocycles. The van der Waals surface area contributed by atoms with Crippen molar-refractivity contribution in [3.63, 3.8) is 0 Å². The van der Waals surface area contributed by atoms with Gasteiger partial charge in [0.25, 0.3) is 0 Å². The van der Waals surface area contributed by atoms with Gasteiger partial charge in [-0.15, -0.1) is 0 Å². The number of hydrazine groups is 1. The van der Waals surface area contributed by atoms with E-state index < -0.39 is 0 Å². The second-order valence-electron chi connectivity index (χ2n) is 5.87. The minimum atomic E-state index is -0.234. The minimum Gasteiger partial charge on any atom is -0.374 e. The van der Waals surface area contributed by atoms with Crippen LogP contribution in [-0.4, -0.2) is 28.7 Å². The first-order valence-electron chi connectivity index (χ1n) is 7.20. The van der Waals surface area contributed by atoms with Crippen molar-refractivity contribution in [1.82, 2.24) is 9.97 Å². The van der Waals surface area contributed by atoms with E-state index in [1.165, 1.54) is 0 Å². The van der Waals surface area contributed by atoms with E-state index in [-0.39, 0.29) is 5.60 Å². The number of nitrogens with one attached hydrogen (secondary N) is 2. The Kier molecular flexibility index (Phi) is 4.45. The van der Waals surface area contributed by atoms with Gasteiger partial charge >= 0.3 is 0 Å². The maximum absolute atomic E-state index is 5.69. The number of hydrogen-bond acceptors (Lipinski definition) is 6. The summed E-state index contributed by atoms with van der Waals surface area (Å²) in [6.07, 6.45) is 2.33. The van der Waals surface area contributed by atoms with Crippen LogP contribution in [-0.2, 0) is 4.74 Å². The molecule has 4 N–H and O–H groups in total. The molecule has 0 bridgehead atoms. The molecule has 0 unspecified atom stereocenters. The van der Waals surface area contributed by atoms with E-state index >= 15 is 0 Å². The molecule has 6 heteroatoms. The Morgan fingerprint density at radius 1 is 1.30 bits per heavy atom. The Morgan fingerprint density at radius 2 is 1.95 bits per heavy atom. The van der Waals surface area contributed by atoms with E-state index in [4.69, 9.17) is 10.6 Å². The SMILES string of the molecule is CCOC(C)(C)CNc1nc(C2CC2)nc(NN)c1C. The molecule has 6 nitrogen and oxygen atoms in total.